The predicted molar refractivity (Wildman–Crippen MR) is 124 cm³/mol. The van der Waals surface area contributed by atoms with Crippen LogP contribution in [-0.2, 0) is 11.3 Å². The summed E-state index contributed by atoms with van der Waals surface area (Å²) in [6.07, 6.45) is 3.58. The molecule has 0 aliphatic carbocycles. The van der Waals surface area contributed by atoms with Gasteiger partial charge in [-0.1, -0.05) is 6.07 Å². The highest BCUT2D eigenvalue weighted by molar-refractivity contribution is 6.01. The molecular formula is C25H26N4O3. The number of amides is 2. The standard InChI is InChI=1S/C25H26N4O3/c1-28-14-16-5-6-18(12-20(16)25(28)31)27-24(30)17-4-3-11-29(15-17)23-9-10-26-22-8-7-19(32-2)13-21(22)23/h5-10,12-13,17H,3-4,11,14-15H2,1-2H3,(H,27,30). The van der Waals surface area contributed by atoms with Gasteiger partial charge in [0.15, 0.2) is 0 Å². The van der Waals surface area contributed by atoms with Crippen LogP contribution in [0.1, 0.15) is 28.8 Å². The van der Waals surface area contributed by atoms with E-state index in [9.17, 15) is 9.59 Å². The van der Waals surface area contributed by atoms with Gasteiger partial charge in [0.2, 0.25) is 5.91 Å². The second-order valence-electron chi connectivity index (χ2n) is 8.52. The summed E-state index contributed by atoms with van der Waals surface area (Å²) < 4.78 is 5.40. The fourth-order valence-electron chi connectivity index (χ4n) is 4.69. The van der Waals surface area contributed by atoms with Crippen LogP contribution >= 0.6 is 0 Å². The highest BCUT2D eigenvalue weighted by atomic mass is 16.5. The molecule has 0 bridgehead atoms. The highest BCUT2D eigenvalue weighted by Gasteiger charge is 2.28. The number of rotatable bonds is 4. The fourth-order valence-corrected chi connectivity index (χ4v) is 4.69. The van der Waals surface area contributed by atoms with Gasteiger partial charge in [0.05, 0.1) is 18.5 Å². The van der Waals surface area contributed by atoms with Crippen LogP contribution < -0.4 is 15.0 Å². The molecule has 5 rings (SSSR count). The molecule has 1 saturated heterocycles. The van der Waals surface area contributed by atoms with Gasteiger partial charge in [0.25, 0.3) is 5.91 Å². The van der Waals surface area contributed by atoms with Crippen molar-refractivity contribution in [3.63, 3.8) is 0 Å². The Morgan fingerprint density at radius 1 is 1.19 bits per heavy atom. The Balaban J connectivity index is 1.34. The van der Waals surface area contributed by atoms with Crippen molar-refractivity contribution in [1.29, 1.82) is 0 Å². The molecule has 1 unspecified atom stereocenters. The topological polar surface area (TPSA) is 74.8 Å². The number of nitrogens with zero attached hydrogens (tertiary/aromatic N) is 3. The Kier molecular flexibility index (Phi) is 5.17. The van der Waals surface area contributed by atoms with Crippen molar-refractivity contribution in [2.75, 3.05) is 37.5 Å². The van der Waals surface area contributed by atoms with Crippen molar-refractivity contribution in [2.45, 2.75) is 19.4 Å². The van der Waals surface area contributed by atoms with Crippen LogP contribution in [0.5, 0.6) is 5.75 Å². The SMILES string of the molecule is COc1ccc2nccc(N3CCCC(C(=O)Nc4ccc5c(c4)C(=O)N(C)C5)C3)c2c1. The van der Waals surface area contributed by atoms with Gasteiger partial charge in [-0.3, -0.25) is 14.6 Å². The van der Waals surface area contributed by atoms with Gasteiger partial charge in [0.1, 0.15) is 5.75 Å². The Bertz CT molecular complexity index is 1210. The van der Waals surface area contributed by atoms with Crippen LogP contribution in [0.15, 0.2) is 48.7 Å². The van der Waals surface area contributed by atoms with Gasteiger partial charge < -0.3 is 19.9 Å². The summed E-state index contributed by atoms with van der Waals surface area (Å²) in [7, 11) is 3.44. The number of carbonyl (C=O) groups is 2. The van der Waals surface area contributed by atoms with E-state index in [0.717, 1.165) is 47.3 Å². The number of aromatic nitrogens is 1. The first kappa shape index (κ1) is 20.3. The first-order valence-electron chi connectivity index (χ1n) is 10.9. The van der Waals surface area contributed by atoms with Gasteiger partial charge in [-0.05, 0) is 54.8 Å². The lowest BCUT2D eigenvalue weighted by Crippen LogP contribution is -2.40. The number of benzene rings is 2. The second-order valence-corrected chi connectivity index (χ2v) is 8.52. The van der Waals surface area contributed by atoms with Crippen LogP contribution in [0.25, 0.3) is 10.9 Å². The number of carbonyl (C=O) groups excluding carboxylic acids is 2. The van der Waals surface area contributed by atoms with E-state index in [1.165, 1.54) is 0 Å². The zero-order chi connectivity index (χ0) is 22.2. The summed E-state index contributed by atoms with van der Waals surface area (Å²) >= 11 is 0. The van der Waals surface area contributed by atoms with Gasteiger partial charge >= 0.3 is 0 Å². The average molecular weight is 431 g/mol. The molecule has 2 aromatic carbocycles. The molecule has 2 aliphatic rings. The maximum atomic E-state index is 13.1. The van der Waals surface area contributed by atoms with Gasteiger partial charge in [-0.15, -0.1) is 0 Å². The molecule has 7 heteroatoms. The van der Waals surface area contributed by atoms with Crippen molar-refractivity contribution in [3.8, 4) is 5.75 Å². The van der Waals surface area contributed by atoms with E-state index >= 15 is 0 Å². The average Bonchev–Trinajstić information content (AvgIpc) is 3.11. The van der Waals surface area contributed by atoms with Crippen LogP contribution in [0.3, 0.4) is 0 Å². The number of anilines is 2. The van der Waals surface area contributed by atoms with Crippen LogP contribution in [-0.4, -0.2) is 48.9 Å². The van der Waals surface area contributed by atoms with E-state index in [1.54, 1.807) is 25.1 Å². The zero-order valence-corrected chi connectivity index (χ0v) is 18.3. The lowest BCUT2D eigenvalue weighted by Gasteiger charge is -2.34. The number of fused-ring (bicyclic) bond motifs is 2. The second kappa shape index (κ2) is 8.15. The van der Waals surface area contributed by atoms with Crippen molar-refractivity contribution >= 4 is 34.1 Å². The monoisotopic (exact) mass is 430 g/mol. The molecule has 164 valence electrons. The number of ether oxygens (including phenoxy) is 1. The number of piperidine rings is 1. The normalized spacial score (nSPS) is 18.1. The fraction of sp³-hybridized carbons (Fsp3) is 0.320. The molecule has 2 amide bonds. The first-order chi connectivity index (χ1) is 15.5. The molecule has 3 aromatic rings. The van der Waals surface area contributed by atoms with Crippen molar-refractivity contribution in [2.24, 2.45) is 5.92 Å². The number of pyridine rings is 1. The maximum absolute atomic E-state index is 13.1. The van der Waals surface area contributed by atoms with Crippen molar-refractivity contribution < 1.29 is 14.3 Å². The summed E-state index contributed by atoms with van der Waals surface area (Å²) in [6.45, 7) is 2.14. The molecule has 1 atom stereocenters. The van der Waals surface area contributed by atoms with E-state index in [2.05, 4.69) is 15.2 Å². The lowest BCUT2D eigenvalue weighted by molar-refractivity contribution is -0.120. The van der Waals surface area contributed by atoms with Gasteiger partial charge in [-0.2, -0.15) is 0 Å². The van der Waals surface area contributed by atoms with E-state index < -0.39 is 0 Å². The lowest BCUT2D eigenvalue weighted by atomic mass is 9.96. The number of hydrogen-bond donors (Lipinski definition) is 1. The summed E-state index contributed by atoms with van der Waals surface area (Å²) in [5.74, 6) is 0.642. The minimum absolute atomic E-state index is 0.0000613. The van der Waals surface area contributed by atoms with E-state index in [0.29, 0.717) is 24.3 Å². The third-order valence-corrected chi connectivity index (χ3v) is 6.42. The molecular weight excluding hydrogens is 404 g/mol. The van der Waals surface area contributed by atoms with E-state index in [-0.39, 0.29) is 17.7 Å². The van der Waals surface area contributed by atoms with Crippen molar-refractivity contribution in [1.82, 2.24) is 9.88 Å². The highest BCUT2D eigenvalue weighted by Crippen LogP contribution is 2.32. The third kappa shape index (κ3) is 3.64. The molecule has 0 radical (unpaired) electrons. The predicted octanol–water partition coefficient (Wildman–Crippen LogP) is 3.68. The van der Waals surface area contributed by atoms with Crippen LogP contribution in [0, 0.1) is 5.92 Å². The quantitative estimate of drug-likeness (QED) is 0.683. The minimum atomic E-state index is -0.135. The largest absolute Gasteiger partial charge is 0.497 e. The molecule has 0 saturated carbocycles. The van der Waals surface area contributed by atoms with Crippen LogP contribution in [0.4, 0.5) is 11.4 Å². The Labute approximate surface area is 187 Å². The molecule has 1 aromatic heterocycles. The maximum Gasteiger partial charge on any atom is 0.254 e. The Morgan fingerprint density at radius 2 is 2.06 bits per heavy atom. The number of nitrogens with one attached hydrogen (secondary N) is 1. The summed E-state index contributed by atoms with van der Waals surface area (Å²) in [5, 5.41) is 4.06. The Hall–Kier alpha value is -3.61. The van der Waals surface area contributed by atoms with Crippen molar-refractivity contribution in [3.05, 3.63) is 59.8 Å². The molecule has 32 heavy (non-hydrogen) atoms. The molecule has 1 fully saturated rings. The van der Waals surface area contributed by atoms with Gasteiger partial charge in [-0.25, -0.2) is 0 Å². The summed E-state index contributed by atoms with van der Waals surface area (Å²) in [4.78, 5) is 33.8. The summed E-state index contributed by atoms with van der Waals surface area (Å²) in [5.41, 5.74) is 4.32. The molecule has 1 N–H and O–H groups in total. The number of methoxy groups -OCH3 is 1. The molecule has 3 heterocycles. The first-order valence-corrected chi connectivity index (χ1v) is 10.9. The van der Waals surface area contributed by atoms with Gasteiger partial charge in [0, 0.05) is 55.2 Å². The summed E-state index contributed by atoms with van der Waals surface area (Å²) in [6, 6.07) is 13.5. The molecule has 0 spiro atoms. The minimum Gasteiger partial charge on any atom is -0.497 e. The van der Waals surface area contributed by atoms with Crippen LogP contribution in [0.2, 0.25) is 0 Å². The van der Waals surface area contributed by atoms with E-state index in [4.69, 9.17) is 4.74 Å². The third-order valence-electron chi connectivity index (χ3n) is 6.42. The zero-order valence-electron chi connectivity index (χ0n) is 18.3. The Morgan fingerprint density at radius 3 is 2.91 bits per heavy atom. The molecule has 2 aliphatic heterocycles. The number of hydrogen-bond acceptors (Lipinski definition) is 5. The molecule has 7 nitrogen and oxygen atoms in total. The van der Waals surface area contributed by atoms with E-state index in [1.807, 2.05) is 42.6 Å². The smallest absolute Gasteiger partial charge is 0.254 e.